The standard InChI is InChI=1S/C67H73BN2O/c1-40-33-56-59-57(34-40)70(54-27-23-42(62(2,3)4)35-47(54)46-22-18-20-41-19-16-17-21-45(41)46)55-28-24-43(63(5,6)7)36-53(55)68(59)61-60(48-38-51-52(39-58(48)71-61)67(14,15)32-31-66(51,12)13)69(56)44-25-26-49-50(37-44)65(10,11)30-29-64(49,8)9/h16-28,33-39H,29-32H2,1-15H3. The van der Waals surface area contributed by atoms with Crippen molar-refractivity contribution < 1.29 is 4.42 Å². The van der Waals surface area contributed by atoms with Gasteiger partial charge in [0.25, 0.3) is 6.71 Å². The predicted octanol–water partition coefficient (Wildman–Crippen LogP) is 16.9. The Balaban J connectivity index is 1.21. The third kappa shape index (κ3) is 6.96. The molecule has 0 atom stereocenters. The number of benzene rings is 7. The second kappa shape index (κ2) is 15.0. The molecule has 0 N–H and O–H groups in total. The summed E-state index contributed by atoms with van der Waals surface area (Å²) in [5, 5.41) is 3.72. The number of hydrogen-bond donors (Lipinski definition) is 0. The summed E-state index contributed by atoms with van der Waals surface area (Å²) in [7, 11) is 0. The van der Waals surface area contributed by atoms with Crippen molar-refractivity contribution in [3.8, 4) is 11.1 Å². The molecule has 0 saturated heterocycles. The van der Waals surface area contributed by atoms with Gasteiger partial charge in [0.2, 0.25) is 0 Å². The van der Waals surface area contributed by atoms with Crippen molar-refractivity contribution in [1.29, 1.82) is 0 Å². The normalized spacial score (nSPS) is 18.2. The second-order valence-corrected chi connectivity index (χ2v) is 26.8. The van der Waals surface area contributed by atoms with Crippen LogP contribution >= 0.6 is 0 Å². The van der Waals surface area contributed by atoms with Crippen LogP contribution in [0.2, 0.25) is 0 Å². The van der Waals surface area contributed by atoms with Crippen LogP contribution in [0.25, 0.3) is 32.9 Å². The van der Waals surface area contributed by atoms with Crippen molar-refractivity contribution in [2.75, 3.05) is 9.80 Å². The van der Waals surface area contributed by atoms with E-state index < -0.39 is 0 Å². The Bertz CT molecular complexity index is 3540. The second-order valence-electron chi connectivity index (χ2n) is 26.8. The molecule has 360 valence electrons. The zero-order chi connectivity index (χ0) is 50.1. The molecule has 12 rings (SSSR count). The topological polar surface area (TPSA) is 19.6 Å². The highest BCUT2D eigenvalue weighted by atomic mass is 16.3. The zero-order valence-electron chi connectivity index (χ0n) is 45.3. The maximum Gasteiger partial charge on any atom is 0.297 e. The third-order valence-corrected chi connectivity index (χ3v) is 17.9. The van der Waals surface area contributed by atoms with Gasteiger partial charge < -0.3 is 14.2 Å². The minimum atomic E-state index is -0.145. The molecule has 4 aliphatic rings. The molecule has 7 aromatic carbocycles. The SMILES string of the molecule is Cc1cc2c3c(c1)N(c1ccc4c(c1)C(C)(C)CCC4(C)C)c1c(oc4cc5c(cc14)C(C)(C)CCC5(C)C)B3c1cc(C(C)(C)C)ccc1N2c1ccc(C(C)(C)C)cc1-c1cccc2ccccc12. The molecule has 0 spiro atoms. The highest BCUT2D eigenvalue weighted by Crippen LogP contribution is 2.54. The molecule has 0 saturated carbocycles. The monoisotopic (exact) mass is 933 g/mol. The van der Waals surface area contributed by atoms with Gasteiger partial charge in [0.15, 0.2) is 0 Å². The Kier molecular flexibility index (Phi) is 9.76. The zero-order valence-corrected chi connectivity index (χ0v) is 45.3. The maximum atomic E-state index is 7.69. The van der Waals surface area contributed by atoms with Gasteiger partial charge in [-0.1, -0.05) is 164 Å². The Morgan fingerprint density at radius 2 is 1.04 bits per heavy atom. The summed E-state index contributed by atoms with van der Waals surface area (Å²) in [6.45, 7) is 35.8. The molecule has 0 unspecified atom stereocenters. The van der Waals surface area contributed by atoms with Gasteiger partial charge in [0, 0.05) is 33.7 Å². The lowest BCUT2D eigenvalue weighted by molar-refractivity contribution is 0.332. The van der Waals surface area contributed by atoms with E-state index in [-0.39, 0.29) is 39.2 Å². The average molecular weight is 933 g/mol. The number of furan rings is 1. The fourth-order valence-electron chi connectivity index (χ4n) is 13.3. The lowest BCUT2D eigenvalue weighted by Gasteiger charge is -2.45. The van der Waals surface area contributed by atoms with Crippen molar-refractivity contribution in [2.45, 2.75) is 162 Å². The Morgan fingerprint density at radius 3 is 1.70 bits per heavy atom. The smallest absolute Gasteiger partial charge is 0.297 e. The Labute approximate surface area is 424 Å². The van der Waals surface area contributed by atoms with E-state index in [4.69, 9.17) is 4.42 Å². The number of aryl methyl sites for hydroxylation is 1. The molecule has 3 nitrogen and oxygen atoms in total. The van der Waals surface area contributed by atoms with Crippen LogP contribution in [0.4, 0.5) is 34.1 Å². The van der Waals surface area contributed by atoms with E-state index in [1.807, 2.05) is 0 Å². The Morgan fingerprint density at radius 1 is 0.479 bits per heavy atom. The summed E-state index contributed by atoms with van der Waals surface area (Å²) in [6, 6.07) is 47.8. The third-order valence-electron chi connectivity index (χ3n) is 17.9. The van der Waals surface area contributed by atoms with Gasteiger partial charge in [0.05, 0.1) is 17.0 Å². The largest absolute Gasteiger partial charge is 0.468 e. The minimum Gasteiger partial charge on any atom is -0.468 e. The minimum absolute atomic E-state index is 0.0374. The molecule has 8 aromatic rings. The van der Waals surface area contributed by atoms with Crippen molar-refractivity contribution in [3.05, 3.63) is 160 Å². The van der Waals surface area contributed by atoms with Crippen LogP contribution in [0.1, 0.15) is 162 Å². The lowest BCUT2D eigenvalue weighted by atomic mass is 9.35. The average Bonchev–Trinajstić information content (AvgIpc) is 3.68. The number of anilines is 6. The summed E-state index contributed by atoms with van der Waals surface area (Å²) in [5.74, 6) is 0. The van der Waals surface area contributed by atoms with E-state index in [0.717, 1.165) is 30.5 Å². The van der Waals surface area contributed by atoms with Crippen molar-refractivity contribution >= 4 is 79.2 Å². The molecule has 3 heterocycles. The highest BCUT2D eigenvalue weighted by Gasteiger charge is 2.49. The fourth-order valence-corrected chi connectivity index (χ4v) is 13.3. The number of nitrogens with zero attached hydrogens (tertiary/aromatic N) is 2. The van der Waals surface area contributed by atoms with Crippen LogP contribution in [-0.2, 0) is 32.5 Å². The summed E-state index contributed by atoms with van der Waals surface area (Å²) < 4.78 is 7.69. The summed E-state index contributed by atoms with van der Waals surface area (Å²) in [4.78, 5) is 5.27. The quantitative estimate of drug-likeness (QED) is 0.165. The molecule has 2 aliphatic carbocycles. The van der Waals surface area contributed by atoms with Gasteiger partial charge in [-0.15, -0.1) is 0 Å². The molecule has 2 aliphatic heterocycles. The van der Waals surface area contributed by atoms with E-state index in [2.05, 4.69) is 235 Å². The van der Waals surface area contributed by atoms with Crippen molar-refractivity contribution in [3.63, 3.8) is 0 Å². The van der Waals surface area contributed by atoms with Crippen LogP contribution in [0.15, 0.2) is 126 Å². The molecular weight excluding hydrogens is 860 g/mol. The predicted molar refractivity (Wildman–Crippen MR) is 306 cm³/mol. The van der Waals surface area contributed by atoms with E-state index in [1.54, 1.807) is 0 Å². The van der Waals surface area contributed by atoms with Gasteiger partial charge in [-0.2, -0.15) is 0 Å². The Hall–Kier alpha value is -6.00. The first-order chi connectivity index (χ1) is 33.3. The maximum absolute atomic E-state index is 7.69. The van der Waals surface area contributed by atoms with Crippen LogP contribution in [0.5, 0.6) is 0 Å². The van der Waals surface area contributed by atoms with Gasteiger partial charge in [0.1, 0.15) is 5.58 Å². The molecule has 0 bridgehead atoms. The van der Waals surface area contributed by atoms with Gasteiger partial charge in [-0.05, 0) is 186 Å². The van der Waals surface area contributed by atoms with E-state index in [1.165, 1.54) is 118 Å². The van der Waals surface area contributed by atoms with Gasteiger partial charge in [-0.25, -0.2) is 0 Å². The molecule has 0 amide bonds. The summed E-state index contributed by atoms with van der Waals surface area (Å²) >= 11 is 0. The number of fused-ring (bicyclic) bond motifs is 9. The molecule has 1 aromatic heterocycles. The van der Waals surface area contributed by atoms with Crippen molar-refractivity contribution in [2.24, 2.45) is 0 Å². The lowest BCUT2D eigenvalue weighted by Crippen LogP contribution is -2.61. The molecule has 71 heavy (non-hydrogen) atoms. The first kappa shape index (κ1) is 46.1. The first-order valence-electron chi connectivity index (χ1n) is 26.6. The number of rotatable bonds is 3. The first-order valence-corrected chi connectivity index (χ1v) is 26.6. The summed E-state index contributed by atoms with van der Waals surface area (Å²) in [5.41, 5.74) is 24.1. The fraction of sp³-hybridized carbons (Fsp3) is 0.373. The van der Waals surface area contributed by atoms with Crippen LogP contribution in [0.3, 0.4) is 0 Å². The van der Waals surface area contributed by atoms with Crippen LogP contribution in [-0.4, -0.2) is 6.71 Å². The number of hydrogen-bond acceptors (Lipinski definition) is 3. The molecule has 0 fully saturated rings. The van der Waals surface area contributed by atoms with Gasteiger partial charge in [-0.3, -0.25) is 0 Å². The summed E-state index contributed by atoms with van der Waals surface area (Å²) in [6.07, 6.45) is 4.64. The highest BCUT2D eigenvalue weighted by molar-refractivity contribution is 7.00. The van der Waals surface area contributed by atoms with Crippen LogP contribution in [0, 0.1) is 6.92 Å². The van der Waals surface area contributed by atoms with E-state index in [9.17, 15) is 0 Å². The van der Waals surface area contributed by atoms with Gasteiger partial charge >= 0.3 is 0 Å². The molecule has 0 radical (unpaired) electrons. The van der Waals surface area contributed by atoms with Crippen molar-refractivity contribution in [1.82, 2.24) is 0 Å². The molecule has 4 heteroatoms. The van der Waals surface area contributed by atoms with E-state index in [0.29, 0.717) is 0 Å². The van der Waals surface area contributed by atoms with Crippen LogP contribution < -0.4 is 26.4 Å². The van der Waals surface area contributed by atoms with E-state index >= 15 is 0 Å². The molecular formula is C67H73BN2O.